The van der Waals surface area contributed by atoms with Gasteiger partial charge in [0.25, 0.3) is 5.56 Å². The van der Waals surface area contributed by atoms with Gasteiger partial charge in [-0.15, -0.1) is 11.3 Å². The van der Waals surface area contributed by atoms with Gasteiger partial charge in [-0.05, 0) is 43.7 Å². The van der Waals surface area contributed by atoms with Crippen molar-refractivity contribution in [2.45, 2.75) is 39.2 Å². The number of aromatic amines is 1. The van der Waals surface area contributed by atoms with Crippen LogP contribution in [0.5, 0.6) is 0 Å². The lowest BCUT2D eigenvalue weighted by atomic mass is 9.89. The zero-order chi connectivity index (χ0) is 20.0. The highest BCUT2D eigenvalue weighted by atomic mass is 32.1. The van der Waals surface area contributed by atoms with Crippen LogP contribution < -0.4 is 10.5 Å². The van der Waals surface area contributed by atoms with E-state index in [-0.39, 0.29) is 11.6 Å². The second kappa shape index (κ2) is 7.50. The molecule has 8 heteroatoms. The fraction of sp³-hybridized carbons (Fsp3) is 0.524. The number of aryl methyl sites for hydroxylation is 1. The Balaban J connectivity index is 1.36. The van der Waals surface area contributed by atoms with Crippen molar-refractivity contribution in [3.8, 4) is 0 Å². The van der Waals surface area contributed by atoms with Gasteiger partial charge in [0.05, 0.1) is 11.4 Å². The molecule has 7 nitrogen and oxygen atoms in total. The van der Waals surface area contributed by atoms with Gasteiger partial charge in [0, 0.05) is 43.4 Å². The molecule has 2 aliphatic rings. The molecule has 2 unspecified atom stereocenters. The largest absolute Gasteiger partial charge is 0.338 e. The highest BCUT2D eigenvalue weighted by Gasteiger charge is 2.27. The summed E-state index contributed by atoms with van der Waals surface area (Å²) in [6.45, 7) is 7.93. The van der Waals surface area contributed by atoms with E-state index in [1.807, 2.05) is 6.07 Å². The van der Waals surface area contributed by atoms with Crippen LogP contribution in [0.25, 0.3) is 10.2 Å². The van der Waals surface area contributed by atoms with Crippen LogP contribution >= 0.6 is 11.3 Å². The molecular formula is C21H26N6OS. The molecule has 0 amide bonds. The van der Waals surface area contributed by atoms with Gasteiger partial charge in [0.1, 0.15) is 10.7 Å². The van der Waals surface area contributed by atoms with E-state index < -0.39 is 0 Å². The summed E-state index contributed by atoms with van der Waals surface area (Å²) >= 11 is 1.72. The number of hydrogen-bond acceptors (Lipinski definition) is 7. The molecule has 152 valence electrons. The number of thiophene rings is 1. The second-order valence-corrected chi connectivity index (χ2v) is 9.31. The normalized spacial score (nSPS) is 21.3. The summed E-state index contributed by atoms with van der Waals surface area (Å²) in [7, 11) is 0. The van der Waals surface area contributed by atoms with E-state index in [2.05, 4.69) is 38.6 Å². The van der Waals surface area contributed by atoms with Gasteiger partial charge in [-0.2, -0.15) is 0 Å². The Bertz CT molecular complexity index is 1070. The number of nitrogens with one attached hydrogen (secondary N) is 1. The first-order valence-electron chi connectivity index (χ1n) is 10.4. The van der Waals surface area contributed by atoms with Crippen LogP contribution in [0.3, 0.4) is 0 Å². The van der Waals surface area contributed by atoms with Crippen LogP contribution in [0.2, 0.25) is 0 Å². The number of fused-ring (bicyclic) bond motifs is 3. The number of rotatable bonds is 3. The molecule has 3 aromatic heterocycles. The summed E-state index contributed by atoms with van der Waals surface area (Å²) in [5, 5.41) is 0.832. The van der Waals surface area contributed by atoms with Crippen LogP contribution in [0.4, 0.5) is 5.95 Å². The van der Waals surface area contributed by atoms with E-state index in [0.29, 0.717) is 5.92 Å². The van der Waals surface area contributed by atoms with Crippen molar-refractivity contribution < 1.29 is 0 Å². The summed E-state index contributed by atoms with van der Waals surface area (Å²) in [5.74, 6) is 2.25. The minimum absolute atomic E-state index is 0.0280. The van der Waals surface area contributed by atoms with E-state index >= 15 is 0 Å². The van der Waals surface area contributed by atoms with Crippen molar-refractivity contribution in [3.05, 3.63) is 45.1 Å². The Hall–Kier alpha value is -2.32. The van der Waals surface area contributed by atoms with E-state index in [1.54, 1.807) is 23.7 Å². The van der Waals surface area contributed by atoms with Crippen LogP contribution in [0.1, 0.15) is 42.6 Å². The van der Waals surface area contributed by atoms with Gasteiger partial charge in [-0.1, -0.05) is 6.92 Å². The van der Waals surface area contributed by atoms with Crippen LogP contribution in [-0.4, -0.2) is 51.0 Å². The monoisotopic (exact) mass is 410 g/mol. The SMILES string of the molecule is CC1CCc2c(sc3nc(C(C)N4CCN(c5ncccn5)CC4)[nH]c(=O)c23)C1. The highest BCUT2D eigenvalue weighted by Crippen LogP contribution is 2.36. The Labute approximate surface area is 173 Å². The number of nitrogens with zero attached hydrogens (tertiary/aromatic N) is 5. The van der Waals surface area contributed by atoms with Gasteiger partial charge < -0.3 is 9.88 Å². The third-order valence-corrected chi connectivity index (χ3v) is 7.42. The minimum atomic E-state index is 0.0280. The minimum Gasteiger partial charge on any atom is -0.338 e. The van der Waals surface area contributed by atoms with Crippen molar-refractivity contribution in [2.24, 2.45) is 5.92 Å². The van der Waals surface area contributed by atoms with E-state index in [9.17, 15) is 4.79 Å². The summed E-state index contributed by atoms with van der Waals surface area (Å²) in [6.07, 6.45) is 6.79. The Morgan fingerprint density at radius 3 is 2.72 bits per heavy atom. The maximum Gasteiger partial charge on any atom is 0.259 e. The molecule has 1 N–H and O–H groups in total. The van der Waals surface area contributed by atoms with Crippen LogP contribution in [0, 0.1) is 5.92 Å². The topological polar surface area (TPSA) is 78.0 Å². The number of anilines is 1. The zero-order valence-corrected chi connectivity index (χ0v) is 17.7. The number of hydrogen-bond donors (Lipinski definition) is 1. The Kier molecular flexibility index (Phi) is 4.83. The molecule has 0 radical (unpaired) electrons. The van der Waals surface area contributed by atoms with Crippen molar-refractivity contribution in [1.82, 2.24) is 24.8 Å². The third-order valence-electron chi connectivity index (χ3n) is 6.28. The standard InChI is InChI=1S/C21H26N6OS/c1-13-4-5-15-16(12-13)29-20-17(15)19(28)24-18(25-20)14(2)26-8-10-27(11-9-26)21-22-6-3-7-23-21/h3,6-7,13-14H,4-5,8-12H2,1-2H3,(H,24,25,28). The van der Waals surface area contributed by atoms with Crippen LogP contribution in [-0.2, 0) is 12.8 Å². The summed E-state index contributed by atoms with van der Waals surface area (Å²) in [4.78, 5) is 36.5. The van der Waals surface area contributed by atoms with Crippen molar-refractivity contribution in [1.29, 1.82) is 0 Å². The predicted octanol–water partition coefficient (Wildman–Crippen LogP) is 2.78. The summed E-state index contributed by atoms with van der Waals surface area (Å²) < 4.78 is 0. The number of H-pyrrole nitrogens is 1. The Morgan fingerprint density at radius 1 is 1.21 bits per heavy atom. The van der Waals surface area contributed by atoms with E-state index in [0.717, 1.165) is 67.4 Å². The van der Waals surface area contributed by atoms with Gasteiger partial charge >= 0.3 is 0 Å². The molecule has 29 heavy (non-hydrogen) atoms. The Morgan fingerprint density at radius 2 is 1.97 bits per heavy atom. The molecule has 1 fully saturated rings. The smallest absolute Gasteiger partial charge is 0.259 e. The van der Waals surface area contributed by atoms with Crippen molar-refractivity contribution >= 4 is 27.5 Å². The zero-order valence-electron chi connectivity index (χ0n) is 16.9. The molecule has 4 heterocycles. The lowest BCUT2D eigenvalue weighted by Crippen LogP contribution is -2.48. The molecule has 3 aromatic rings. The lowest BCUT2D eigenvalue weighted by Gasteiger charge is -2.37. The van der Waals surface area contributed by atoms with Gasteiger partial charge in [-0.3, -0.25) is 9.69 Å². The highest BCUT2D eigenvalue weighted by molar-refractivity contribution is 7.18. The van der Waals surface area contributed by atoms with Gasteiger partial charge in [0.2, 0.25) is 5.95 Å². The second-order valence-electron chi connectivity index (χ2n) is 8.23. The van der Waals surface area contributed by atoms with E-state index in [4.69, 9.17) is 4.98 Å². The molecule has 0 bridgehead atoms. The quantitative estimate of drug-likeness (QED) is 0.715. The maximum absolute atomic E-state index is 12.9. The molecule has 0 spiro atoms. The average molecular weight is 411 g/mol. The average Bonchev–Trinajstić information content (AvgIpc) is 3.11. The number of aromatic nitrogens is 4. The number of piperazine rings is 1. The first kappa shape index (κ1) is 18.7. The molecule has 0 saturated carbocycles. The fourth-order valence-electron chi connectivity index (χ4n) is 4.50. The molecule has 1 aliphatic heterocycles. The predicted molar refractivity (Wildman–Crippen MR) is 116 cm³/mol. The third kappa shape index (κ3) is 3.44. The molecule has 2 atom stereocenters. The maximum atomic E-state index is 12.9. The molecule has 1 aliphatic carbocycles. The molecule has 1 saturated heterocycles. The van der Waals surface area contributed by atoms with Gasteiger partial charge in [-0.25, -0.2) is 15.0 Å². The fourth-order valence-corrected chi connectivity index (χ4v) is 5.89. The first-order chi connectivity index (χ1) is 14.1. The van der Waals surface area contributed by atoms with Crippen molar-refractivity contribution in [2.75, 3.05) is 31.1 Å². The first-order valence-corrected chi connectivity index (χ1v) is 11.2. The van der Waals surface area contributed by atoms with Gasteiger partial charge in [0.15, 0.2) is 0 Å². The van der Waals surface area contributed by atoms with E-state index in [1.165, 1.54) is 10.4 Å². The molecular weight excluding hydrogens is 384 g/mol. The molecule has 0 aromatic carbocycles. The molecule has 5 rings (SSSR count). The van der Waals surface area contributed by atoms with Crippen LogP contribution in [0.15, 0.2) is 23.3 Å². The summed E-state index contributed by atoms with van der Waals surface area (Å²) in [5.41, 5.74) is 1.27. The van der Waals surface area contributed by atoms with Crippen molar-refractivity contribution in [3.63, 3.8) is 0 Å². The lowest BCUT2D eigenvalue weighted by molar-refractivity contribution is 0.191. The summed E-state index contributed by atoms with van der Waals surface area (Å²) in [6, 6.07) is 1.91.